The molecule has 0 unspecified atom stereocenters. The molecule has 0 fully saturated rings. The normalized spacial score (nSPS) is 10.6. The Morgan fingerprint density at radius 3 is 3.00 bits per heavy atom. The second-order valence-electron chi connectivity index (χ2n) is 3.60. The third-order valence-corrected chi connectivity index (χ3v) is 3.17. The van der Waals surface area contributed by atoms with E-state index in [0.29, 0.717) is 6.54 Å². The minimum atomic E-state index is -0.184. The molecular formula is C12H13FN2S. The first kappa shape index (κ1) is 11.2. The van der Waals surface area contributed by atoms with Gasteiger partial charge in [0.1, 0.15) is 10.8 Å². The van der Waals surface area contributed by atoms with E-state index in [1.165, 1.54) is 6.07 Å². The number of nitrogens with zero attached hydrogens (tertiary/aromatic N) is 1. The van der Waals surface area contributed by atoms with Crippen molar-refractivity contribution in [3.63, 3.8) is 0 Å². The third-order valence-electron chi connectivity index (χ3n) is 2.39. The van der Waals surface area contributed by atoms with Crippen LogP contribution in [0.5, 0.6) is 0 Å². The van der Waals surface area contributed by atoms with E-state index in [-0.39, 0.29) is 5.82 Å². The summed E-state index contributed by atoms with van der Waals surface area (Å²) in [5, 5.41) is 6.25. The Labute approximate surface area is 98.2 Å². The molecule has 2 aromatic rings. The van der Waals surface area contributed by atoms with Crippen LogP contribution >= 0.6 is 11.3 Å². The second kappa shape index (κ2) is 5.18. The van der Waals surface area contributed by atoms with Crippen LogP contribution in [0.2, 0.25) is 0 Å². The summed E-state index contributed by atoms with van der Waals surface area (Å²) in [6.45, 7) is 3.39. The molecule has 16 heavy (non-hydrogen) atoms. The molecule has 0 radical (unpaired) electrons. The van der Waals surface area contributed by atoms with E-state index in [9.17, 15) is 4.39 Å². The fourth-order valence-corrected chi connectivity index (χ4v) is 2.06. The zero-order valence-corrected chi connectivity index (χ0v) is 9.85. The van der Waals surface area contributed by atoms with Gasteiger partial charge in [-0.15, -0.1) is 11.3 Å². The van der Waals surface area contributed by atoms with Gasteiger partial charge in [-0.05, 0) is 30.2 Å². The maximum atomic E-state index is 13.0. The molecule has 0 amide bonds. The summed E-state index contributed by atoms with van der Waals surface area (Å²) in [6, 6.07) is 4.86. The molecule has 1 aromatic heterocycles. The summed E-state index contributed by atoms with van der Waals surface area (Å²) in [5.41, 5.74) is 2.10. The van der Waals surface area contributed by atoms with E-state index in [0.717, 1.165) is 22.7 Å². The quantitative estimate of drug-likeness (QED) is 0.883. The summed E-state index contributed by atoms with van der Waals surface area (Å²) < 4.78 is 13.0. The zero-order chi connectivity index (χ0) is 11.4. The Morgan fingerprint density at radius 2 is 2.25 bits per heavy atom. The summed E-state index contributed by atoms with van der Waals surface area (Å²) in [7, 11) is 0. The van der Waals surface area contributed by atoms with Crippen molar-refractivity contribution in [2.45, 2.75) is 20.0 Å². The first-order chi connectivity index (χ1) is 7.75. The fraction of sp³-hybridized carbons (Fsp3) is 0.250. The van der Waals surface area contributed by atoms with E-state index in [4.69, 9.17) is 0 Å². The molecule has 0 saturated heterocycles. The van der Waals surface area contributed by atoms with Crippen LogP contribution in [0.1, 0.15) is 16.1 Å². The van der Waals surface area contributed by atoms with Crippen molar-refractivity contribution < 1.29 is 4.39 Å². The van der Waals surface area contributed by atoms with Gasteiger partial charge in [0.2, 0.25) is 0 Å². The molecule has 1 aromatic carbocycles. The van der Waals surface area contributed by atoms with E-state index in [1.54, 1.807) is 29.7 Å². The van der Waals surface area contributed by atoms with E-state index in [1.807, 2.05) is 12.3 Å². The number of benzene rings is 1. The Hall–Kier alpha value is -1.26. The first-order valence-electron chi connectivity index (χ1n) is 5.10. The number of rotatable bonds is 4. The minimum absolute atomic E-state index is 0.184. The van der Waals surface area contributed by atoms with Crippen molar-refractivity contribution >= 4 is 11.3 Å². The highest BCUT2D eigenvalue weighted by Crippen LogP contribution is 2.10. The average molecular weight is 236 g/mol. The highest BCUT2D eigenvalue weighted by Gasteiger charge is 2.01. The molecule has 0 aliphatic carbocycles. The Morgan fingerprint density at radius 1 is 1.38 bits per heavy atom. The van der Waals surface area contributed by atoms with Crippen molar-refractivity contribution in [1.82, 2.24) is 10.3 Å². The molecule has 2 nitrogen and oxygen atoms in total. The molecule has 0 spiro atoms. The molecule has 0 bridgehead atoms. The smallest absolute Gasteiger partial charge is 0.123 e. The van der Waals surface area contributed by atoms with Gasteiger partial charge in [-0.25, -0.2) is 9.37 Å². The largest absolute Gasteiger partial charge is 0.306 e. The lowest BCUT2D eigenvalue weighted by Gasteiger charge is -2.06. The number of thiazole rings is 1. The molecule has 0 aliphatic rings. The fourth-order valence-electron chi connectivity index (χ4n) is 1.47. The van der Waals surface area contributed by atoms with Crippen molar-refractivity contribution in [2.75, 3.05) is 0 Å². The lowest BCUT2D eigenvalue weighted by Crippen LogP contribution is -2.13. The molecule has 0 saturated carbocycles. The van der Waals surface area contributed by atoms with Gasteiger partial charge < -0.3 is 5.32 Å². The Bertz CT molecular complexity index is 454. The number of aromatic nitrogens is 1. The molecule has 0 atom stereocenters. The third kappa shape index (κ3) is 2.87. The van der Waals surface area contributed by atoms with Gasteiger partial charge in [0, 0.05) is 24.7 Å². The van der Waals surface area contributed by atoms with Crippen LogP contribution in [0.4, 0.5) is 4.39 Å². The molecule has 4 heteroatoms. The minimum Gasteiger partial charge on any atom is -0.306 e. The van der Waals surface area contributed by atoms with Gasteiger partial charge in [0.15, 0.2) is 0 Å². The van der Waals surface area contributed by atoms with Crippen LogP contribution in [0.3, 0.4) is 0 Å². The second-order valence-corrected chi connectivity index (χ2v) is 4.58. The first-order valence-corrected chi connectivity index (χ1v) is 5.98. The average Bonchev–Trinajstić information content (AvgIpc) is 2.76. The SMILES string of the molecule is Cc1ccc(F)cc1CNCc1nccs1. The summed E-state index contributed by atoms with van der Waals surface area (Å²) in [4.78, 5) is 4.17. The van der Waals surface area contributed by atoms with Crippen molar-refractivity contribution in [1.29, 1.82) is 0 Å². The monoisotopic (exact) mass is 236 g/mol. The van der Waals surface area contributed by atoms with Gasteiger partial charge in [0.05, 0.1) is 0 Å². The molecule has 84 valence electrons. The maximum absolute atomic E-state index is 13.0. The van der Waals surface area contributed by atoms with Gasteiger partial charge in [-0.2, -0.15) is 0 Å². The molecule has 1 N–H and O–H groups in total. The van der Waals surface area contributed by atoms with E-state index < -0.39 is 0 Å². The van der Waals surface area contributed by atoms with Gasteiger partial charge in [-0.1, -0.05) is 6.07 Å². The van der Waals surface area contributed by atoms with Crippen LogP contribution in [-0.4, -0.2) is 4.98 Å². The van der Waals surface area contributed by atoms with Gasteiger partial charge in [-0.3, -0.25) is 0 Å². The number of aryl methyl sites for hydroxylation is 1. The maximum Gasteiger partial charge on any atom is 0.123 e. The number of hydrogen-bond donors (Lipinski definition) is 1. The molecule has 0 aliphatic heterocycles. The number of nitrogens with one attached hydrogen (secondary N) is 1. The van der Waals surface area contributed by atoms with E-state index >= 15 is 0 Å². The summed E-state index contributed by atoms with van der Waals surface area (Å²) in [6.07, 6.45) is 1.79. The lowest BCUT2D eigenvalue weighted by atomic mass is 10.1. The molecule has 2 rings (SSSR count). The predicted molar refractivity (Wildman–Crippen MR) is 63.8 cm³/mol. The van der Waals surface area contributed by atoms with Crippen LogP contribution in [0.25, 0.3) is 0 Å². The Balaban J connectivity index is 1.92. The van der Waals surface area contributed by atoms with Crippen LogP contribution in [-0.2, 0) is 13.1 Å². The van der Waals surface area contributed by atoms with Gasteiger partial charge >= 0.3 is 0 Å². The predicted octanol–water partition coefficient (Wildman–Crippen LogP) is 2.88. The van der Waals surface area contributed by atoms with Crippen LogP contribution < -0.4 is 5.32 Å². The molecule has 1 heterocycles. The standard InChI is InChI=1S/C12H13FN2S/c1-9-2-3-11(13)6-10(9)7-14-8-12-15-4-5-16-12/h2-6,14H,7-8H2,1H3. The zero-order valence-electron chi connectivity index (χ0n) is 9.03. The van der Waals surface area contributed by atoms with Crippen LogP contribution in [0.15, 0.2) is 29.8 Å². The number of hydrogen-bond acceptors (Lipinski definition) is 3. The topological polar surface area (TPSA) is 24.9 Å². The van der Waals surface area contributed by atoms with E-state index in [2.05, 4.69) is 10.3 Å². The highest BCUT2D eigenvalue weighted by molar-refractivity contribution is 7.09. The van der Waals surface area contributed by atoms with Crippen molar-refractivity contribution in [3.05, 3.63) is 51.7 Å². The highest BCUT2D eigenvalue weighted by atomic mass is 32.1. The summed E-state index contributed by atoms with van der Waals surface area (Å²) in [5.74, 6) is -0.184. The lowest BCUT2D eigenvalue weighted by molar-refractivity contribution is 0.618. The Kier molecular flexibility index (Phi) is 3.64. The van der Waals surface area contributed by atoms with Crippen molar-refractivity contribution in [2.24, 2.45) is 0 Å². The van der Waals surface area contributed by atoms with Crippen molar-refractivity contribution in [3.8, 4) is 0 Å². The summed E-state index contributed by atoms with van der Waals surface area (Å²) >= 11 is 1.62. The van der Waals surface area contributed by atoms with Crippen LogP contribution in [0, 0.1) is 12.7 Å². The molecular weight excluding hydrogens is 223 g/mol. The van der Waals surface area contributed by atoms with Gasteiger partial charge in [0.25, 0.3) is 0 Å². The number of halogens is 1.